The van der Waals surface area contributed by atoms with E-state index in [9.17, 15) is 18.0 Å². The van der Waals surface area contributed by atoms with Crippen LogP contribution in [0.5, 0.6) is 5.75 Å². The van der Waals surface area contributed by atoms with Crippen molar-refractivity contribution in [3.63, 3.8) is 0 Å². The van der Waals surface area contributed by atoms with E-state index in [1.807, 2.05) is 18.7 Å². The molecule has 1 unspecified atom stereocenters. The Hall–Kier alpha value is -2.45. The number of benzene rings is 1. The lowest BCUT2D eigenvalue weighted by Crippen LogP contribution is -2.45. The highest BCUT2D eigenvalue weighted by Gasteiger charge is 2.29. The standard InChI is InChI=1S/C19H27F3N4O2/c1-13(2)17(27)26-9-8-15(11-26)25-18(23-3)24-10-14-4-6-16(7-5-14)28-12-19(20,21)22/h4-7,13,15H,8-12H2,1-3H3,(H2,23,24,25). The van der Waals surface area contributed by atoms with Crippen molar-refractivity contribution in [3.05, 3.63) is 29.8 Å². The van der Waals surface area contributed by atoms with Gasteiger partial charge in [-0.15, -0.1) is 0 Å². The van der Waals surface area contributed by atoms with Gasteiger partial charge in [-0.2, -0.15) is 13.2 Å². The van der Waals surface area contributed by atoms with Crippen molar-refractivity contribution in [1.82, 2.24) is 15.5 Å². The van der Waals surface area contributed by atoms with Crippen molar-refractivity contribution in [2.45, 2.75) is 39.0 Å². The molecule has 1 aliphatic heterocycles. The van der Waals surface area contributed by atoms with E-state index in [0.29, 0.717) is 19.0 Å². The first kappa shape index (κ1) is 21.8. The first-order valence-corrected chi connectivity index (χ1v) is 9.22. The number of nitrogens with one attached hydrogen (secondary N) is 2. The maximum atomic E-state index is 12.2. The smallest absolute Gasteiger partial charge is 0.422 e. The maximum Gasteiger partial charge on any atom is 0.422 e. The van der Waals surface area contributed by atoms with Crippen LogP contribution in [-0.2, 0) is 11.3 Å². The Kier molecular flexibility index (Phi) is 7.53. The molecule has 0 aromatic heterocycles. The summed E-state index contributed by atoms with van der Waals surface area (Å²) in [5.41, 5.74) is 0.880. The molecule has 0 radical (unpaired) electrons. The molecule has 1 amide bonds. The van der Waals surface area contributed by atoms with Gasteiger partial charge in [0.15, 0.2) is 12.6 Å². The average Bonchev–Trinajstić information content (AvgIpc) is 3.11. The summed E-state index contributed by atoms with van der Waals surface area (Å²) < 4.78 is 41.2. The van der Waals surface area contributed by atoms with Crippen molar-refractivity contribution in [2.75, 3.05) is 26.7 Å². The van der Waals surface area contributed by atoms with Gasteiger partial charge in [0.05, 0.1) is 0 Å². The van der Waals surface area contributed by atoms with Crippen LogP contribution in [0.25, 0.3) is 0 Å². The number of carbonyl (C=O) groups is 1. The molecule has 2 rings (SSSR count). The molecule has 156 valence electrons. The molecule has 1 aromatic carbocycles. The zero-order valence-corrected chi connectivity index (χ0v) is 16.3. The van der Waals surface area contributed by atoms with Gasteiger partial charge >= 0.3 is 6.18 Å². The Balaban J connectivity index is 1.79. The fourth-order valence-electron chi connectivity index (χ4n) is 2.89. The molecule has 1 atom stereocenters. The Bertz CT molecular complexity index is 675. The van der Waals surface area contributed by atoms with Crippen LogP contribution in [0.15, 0.2) is 29.3 Å². The largest absolute Gasteiger partial charge is 0.484 e. The van der Waals surface area contributed by atoms with E-state index in [0.717, 1.165) is 18.5 Å². The molecule has 1 heterocycles. The molecule has 2 N–H and O–H groups in total. The van der Waals surface area contributed by atoms with Crippen molar-refractivity contribution in [3.8, 4) is 5.75 Å². The van der Waals surface area contributed by atoms with Crippen molar-refractivity contribution >= 4 is 11.9 Å². The van der Waals surface area contributed by atoms with E-state index >= 15 is 0 Å². The fourth-order valence-corrected chi connectivity index (χ4v) is 2.89. The number of aliphatic imine (C=N–C) groups is 1. The van der Waals surface area contributed by atoms with E-state index in [1.165, 1.54) is 12.1 Å². The molecular weight excluding hydrogens is 373 g/mol. The van der Waals surface area contributed by atoms with Crippen molar-refractivity contribution in [1.29, 1.82) is 0 Å². The van der Waals surface area contributed by atoms with Gasteiger partial charge in [-0.3, -0.25) is 9.79 Å². The van der Waals surface area contributed by atoms with Crippen LogP contribution in [0.1, 0.15) is 25.8 Å². The highest BCUT2D eigenvalue weighted by Crippen LogP contribution is 2.19. The summed E-state index contributed by atoms with van der Waals surface area (Å²) in [4.78, 5) is 18.1. The zero-order chi connectivity index (χ0) is 20.7. The van der Waals surface area contributed by atoms with Crippen LogP contribution in [-0.4, -0.2) is 55.7 Å². The molecule has 0 saturated carbocycles. The number of carbonyl (C=O) groups excluding carboxylic acids is 1. The minimum absolute atomic E-state index is 0.0146. The van der Waals surface area contributed by atoms with E-state index in [1.54, 1.807) is 19.2 Å². The first-order chi connectivity index (χ1) is 13.2. The van der Waals surface area contributed by atoms with Gasteiger partial charge in [-0.05, 0) is 24.1 Å². The van der Waals surface area contributed by atoms with E-state index in [-0.39, 0.29) is 23.6 Å². The average molecular weight is 400 g/mol. The van der Waals surface area contributed by atoms with Crippen LogP contribution in [0.3, 0.4) is 0 Å². The molecule has 1 aliphatic rings. The SMILES string of the molecule is CN=C(NCc1ccc(OCC(F)(F)F)cc1)NC1CCN(C(=O)C(C)C)C1. The van der Waals surface area contributed by atoms with Crippen LogP contribution >= 0.6 is 0 Å². The topological polar surface area (TPSA) is 66.0 Å². The summed E-state index contributed by atoms with van der Waals surface area (Å²) in [7, 11) is 1.66. The Morgan fingerprint density at radius 3 is 2.57 bits per heavy atom. The number of rotatable bonds is 6. The minimum atomic E-state index is -4.35. The number of hydrogen-bond donors (Lipinski definition) is 2. The molecule has 6 nitrogen and oxygen atoms in total. The van der Waals surface area contributed by atoms with E-state index < -0.39 is 12.8 Å². The molecule has 9 heteroatoms. The number of ether oxygens (including phenoxy) is 1. The predicted octanol–water partition coefficient (Wildman–Crippen LogP) is 2.55. The first-order valence-electron chi connectivity index (χ1n) is 9.22. The third-order valence-corrected chi connectivity index (χ3v) is 4.34. The second kappa shape index (κ2) is 9.66. The molecule has 28 heavy (non-hydrogen) atoms. The van der Waals surface area contributed by atoms with Gasteiger partial charge in [0, 0.05) is 38.6 Å². The summed E-state index contributed by atoms with van der Waals surface area (Å²) in [6, 6.07) is 6.54. The van der Waals surface area contributed by atoms with E-state index in [2.05, 4.69) is 15.6 Å². The van der Waals surface area contributed by atoms with Gasteiger partial charge in [0.1, 0.15) is 5.75 Å². The number of halogens is 3. The van der Waals surface area contributed by atoms with Gasteiger partial charge in [-0.1, -0.05) is 26.0 Å². The number of hydrogen-bond acceptors (Lipinski definition) is 3. The number of nitrogens with zero attached hydrogens (tertiary/aromatic N) is 2. The molecule has 0 bridgehead atoms. The second-order valence-corrected chi connectivity index (χ2v) is 7.04. The highest BCUT2D eigenvalue weighted by atomic mass is 19.4. The van der Waals surface area contributed by atoms with Gasteiger partial charge in [0.25, 0.3) is 0 Å². The monoisotopic (exact) mass is 400 g/mol. The summed E-state index contributed by atoms with van der Waals surface area (Å²) in [6.45, 7) is 4.31. The van der Waals surface area contributed by atoms with Crippen molar-refractivity contribution in [2.24, 2.45) is 10.9 Å². The fraction of sp³-hybridized carbons (Fsp3) is 0.579. The van der Waals surface area contributed by atoms with Crippen LogP contribution in [0.2, 0.25) is 0 Å². The van der Waals surface area contributed by atoms with Crippen LogP contribution < -0.4 is 15.4 Å². The number of guanidine groups is 1. The molecular formula is C19H27F3N4O2. The third kappa shape index (κ3) is 6.94. The molecule has 1 fully saturated rings. The quantitative estimate of drug-likeness (QED) is 0.569. The Morgan fingerprint density at radius 2 is 2.00 bits per heavy atom. The maximum absolute atomic E-state index is 12.2. The molecule has 0 spiro atoms. The zero-order valence-electron chi connectivity index (χ0n) is 16.3. The Morgan fingerprint density at radius 1 is 1.32 bits per heavy atom. The summed E-state index contributed by atoms with van der Waals surface area (Å²) >= 11 is 0. The summed E-state index contributed by atoms with van der Waals surface area (Å²) in [5.74, 6) is 0.921. The highest BCUT2D eigenvalue weighted by molar-refractivity contribution is 5.81. The predicted molar refractivity (Wildman–Crippen MR) is 101 cm³/mol. The molecule has 1 aromatic rings. The third-order valence-electron chi connectivity index (χ3n) is 4.34. The van der Waals surface area contributed by atoms with Gasteiger partial charge in [0.2, 0.25) is 5.91 Å². The van der Waals surface area contributed by atoms with Gasteiger partial charge in [-0.25, -0.2) is 0 Å². The van der Waals surface area contributed by atoms with Crippen LogP contribution in [0, 0.1) is 5.92 Å². The normalized spacial score (nSPS) is 17.8. The molecule has 0 aliphatic carbocycles. The number of likely N-dealkylation sites (tertiary alicyclic amines) is 1. The number of alkyl halides is 3. The summed E-state index contributed by atoms with van der Waals surface area (Å²) in [5, 5.41) is 6.47. The van der Waals surface area contributed by atoms with Crippen molar-refractivity contribution < 1.29 is 22.7 Å². The van der Waals surface area contributed by atoms with Crippen LogP contribution in [0.4, 0.5) is 13.2 Å². The second-order valence-electron chi connectivity index (χ2n) is 7.04. The lowest BCUT2D eigenvalue weighted by Gasteiger charge is -2.20. The molecule has 1 saturated heterocycles. The number of amides is 1. The lowest BCUT2D eigenvalue weighted by atomic mass is 10.2. The lowest BCUT2D eigenvalue weighted by molar-refractivity contribution is -0.153. The van der Waals surface area contributed by atoms with Gasteiger partial charge < -0.3 is 20.3 Å². The van der Waals surface area contributed by atoms with E-state index in [4.69, 9.17) is 4.74 Å². The Labute approximate surface area is 163 Å². The summed E-state index contributed by atoms with van der Waals surface area (Å²) in [6.07, 6.45) is -3.50. The minimum Gasteiger partial charge on any atom is -0.484 e.